The fourth-order valence-electron chi connectivity index (χ4n) is 1.98. The minimum atomic E-state index is -0.908. The van der Waals surface area contributed by atoms with E-state index in [1.165, 1.54) is 0 Å². The first-order chi connectivity index (χ1) is 11.0. The van der Waals surface area contributed by atoms with Crippen molar-refractivity contribution in [2.75, 3.05) is 32.6 Å². The van der Waals surface area contributed by atoms with Crippen LogP contribution in [-0.2, 0) is 6.54 Å². The van der Waals surface area contributed by atoms with Crippen LogP contribution in [0.4, 0.5) is 5.69 Å². The van der Waals surface area contributed by atoms with E-state index in [4.69, 9.17) is 9.84 Å². The Morgan fingerprint density at radius 2 is 1.74 bits per heavy atom. The first kappa shape index (κ1) is 16.8. The average molecular weight is 314 g/mol. The van der Waals surface area contributed by atoms with Crippen LogP contribution >= 0.6 is 0 Å². The summed E-state index contributed by atoms with van der Waals surface area (Å²) in [7, 11) is 4.03. The highest BCUT2D eigenvalue weighted by atomic mass is 16.5. The summed E-state index contributed by atoms with van der Waals surface area (Å²) in [6.07, 6.45) is 0. The second kappa shape index (κ2) is 8.19. The predicted molar refractivity (Wildman–Crippen MR) is 91.2 cm³/mol. The van der Waals surface area contributed by atoms with Crippen LogP contribution in [0.25, 0.3) is 0 Å². The number of aromatic carboxylic acids is 1. The van der Waals surface area contributed by atoms with Crippen LogP contribution in [-0.4, -0.2) is 43.2 Å². The minimum Gasteiger partial charge on any atom is -0.492 e. The van der Waals surface area contributed by atoms with Gasteiger partial charge in [0.15, 0.2) is 0 Å². The molecule has 0 aliphatic carbocycles. The van der Waals surface area contributed by atoms with Gasteiger partial charge in [0.2, 0.25) is 0 Å². The third-order valence-corrected chi connectivity index (χ3v) is 3.36. The van der Waals surface area contributed by atoms with E-state index in [0.717, 1.165) is 23.5 Å². The molecule has 0 saturated heterocycles. The van der Waals surface area contributed by atoms with E-state index in [1.807, 2.05) is 50.5 Å². The summed E-state index contributed by atoms with van der Waals surface area (Å²) in [5.41, 5.74) is 2.32. The first-order valence-electron chi connectivity index (χ1n) is 7.48. The van der Waals surface area contributed by atoms with E-state index >= 15 is 0 Å². The zero-order valence-electron chi connectivity index (χ0n) is 13.5. The van der Waals surface area contributed by atoms with E-state index in [-0.39, 0.29) is 0 Å². The van der Waals surface area contributed by atoms with Gasteiger partial charge in [0.05, 0.1) is 5.56 Å². The lowest BCUT2D eigenvalue weighted by Crippen LogP contribution is -2.19. The molecular formula is C18H22N2O3. The number of likely N-dealkylation sites (N-methyl/N-ethyl adjacent to an activating group) is 1. The maximum atomic E-state index is 10.8. The van der Waals surface area contributed by atoms with Crippen molar-refractivity contribution in [1.82, 2.24) is 4.90 Å². The molecule has 2 rings (SSSR count). The van der Waals surface area contributed by atoms with E-state index in [1.54, 1.807) is 12.1 Å². The molecule has 23 heavy (non-hydrogen) atoms. The number of anilines is 1. The second-order valence-electron chi connectivity index (χ2n) is 5.53. The molecule has 0 radical (unpaired) electrons. The van der Waals surface area contributed by atoms with Crippen LogP contribution in [0.5, 0.6) is 5.75 Å². The smallest absolute Gasteiger partial charge is 0.335 e. The third kappa shape index (κ3) is 5.64. The number of rotatable bonds is 8. The van der Waals surface area contributed by atoms with Crippen molar-refractivity contribution in [3.8, 4) is 5.75 Å². The molecule has 5 heteroatoms. The molecule has 0 amide bonds. The van der Waals surface area contributed by atoms with Crippen molar-refractivity contribution in [2.45, 2.75) is 6.54 Å². The van der Waals surface area contributed by atoms with Gasteiger partial charge < -0.3 is 20.1 Å². The Hall–Kier alpha value is -2.53. The van der Waals surface area contributed by atoms with Crippen molar-refractivity contribution in [3.05, 3.63) is 59.7 Å². The van der Waals surface area contributed by atoms with Gasteiger partial charge in [-0.15, -0.1) is 0 Å². The van der Waals surface area contributed by atoms with Gasteiger partial charge in [0, 0.05) is 18.8 Å². The van der Waals surface area contributed by atoms with Crippen molar-refractivity contribution in [2.24, 2.45) is 0 Å². The second-order valence-corrected chi connectivity index (χ2v) is 5.53. The number of hydrogen-bond acceptors (Lipinski definition) is 4. The van der Waals surface area contributed by atoms with Gasteiger partial charge in [-0.2, -0.15) is 0 Å². The number of carbonyl (C=O) groups is 1. The number of ether oxygens (including phenoxy) is 1. The predicted octanol–water partition coefficient (Wildman–Crippen LogP) is 2.94. The van der Waals surface area contributed by atoms with E-state index in [2.05, 4.69) is 10.2 Å². The van der Waals surface area contributed by atoms with Crippen molar-refractivity contribution < 1.29 is 14.6 Å². The molecule has 2 aromatic rings. The van der Waals surface area contributed by atoms with Gasteiger partial charge in [0.1, 0.15) is 12.4 Å². The number of carboxylic acid groups (broad SMARTS) is 1. The van der Waals surface area contributed by atoms with Crippen molar-refractivity contribution >= 4 is 11.7 Å². The third-order valence-electron chi connectivity index (χ3n) is 3.36. The zero-order chi connectivity index (χ0) is 16.7. The summed E-state index contributed by atoms with van der Waals surface area (Å²) < 4.78 is 5.65. The Balaban J connectivity index is 1.82. The molecule has 2 N–H and O–H groups in total. The van der Waals surface area contributed by atoms with E-state index in [0.29, 0.717) is 18.7 Å². The number of hydrogen-bond donors (Lipinski definition) is 2. The van der Waals surface area contributed by atoms with Crippen molar-refractivity contribution in [3.63, 3.8) is 0 Å². The molecule has 0 aliphatic rings. The summed E-state index contributed by atoms with van der Waals surface area (Å²) in [6.45, 7) is 2.18. The van der Waals surface area contributed by atoms with Crippen LogP contribution in [0.2, 0.25) is 0 Å². The molecule has 0 fully saturated rings. The summed E-state index contributed by atoms with van der Waals surface area (Å²) in [6, 6.07) is 14.7. The summed E-state index contributed by atoms with van der Waals surface area (Å²) in [5, 5.41) is 12.2. The number of benzene rings is 2. The molecule has 0 aromatic heterocycles. The lowest BCUT2D eigenvalue weighted by atomic mass is 10.1. The van der Waals surface area contributed by atoms with Gasteiger partial charge in [0.25, 0.3) is 0 Å². The summed E-state index contributed by atoms with van der Waals surface area (Å²) in [5.74, 6) is -0.0578. The molecule has 0 saturated carbocycles. The Kier molecular flexibility index (Phi) is 6.00. The Bertz CT molecular complexity index is 622. The molecule has 0 spiro atoms. The monoisotopic (exact) mass is 314 g/mol. The Morgan fingerprint density at radius 1 is 1.09 bits per heavy atom. The molecule has 0 atom stereocenters. The quantitative estimate of drug-likeness (QED) is 0.784. The maximum absolute atomic E-state index is 10.8. The normalized spacial score (nSPS) is 10.6. The molecule has 0 heterocycles. The lowest BCUT2D eigenvalue weighted by molar-refractivity contribution is 0.0697. The highest BCUT2D eigenvalue weighted by Gasteiger charge is 2.02. The van der Waals surface area contributed by atoms with Gasteiger partial charge in [-0.3, -0.25) is 0 Å². The van der Waals surface area contributed by atoms with Crippen LogP contribution in [0.3, 0.4) is 0 Å². The van der Waals surface area contributed by atoms with E-state index in [9.17, 15) is 4.79 Å². The summed E-state index contributed by atoms with van der Waals surface area (Å²) >= 11 is 0. The number of nitrogens with one attached hydrogen (secondary N) is 1. The molecule has 0 unspecified atom stereocenters. The molecule has 0 bridgehead atoms. The zero-order valence-corrected chi connectivity index (χ0v) is 13.5. The minimum absolute atomic E-state index is 0.299. The standard InChI is InChI=1S/C18H22N2O3/c1-20(2)11-12-23-17-9-7-16(8-10-17)19-13-14-3-5-15(6-4-14)18(21)22/h3-10,19H,11-13H2,1-2H3,(H,21,22). The largest absolute Gasteiger partial charge is 0.492 e. The highest BCUT2D eigenvalue weighted by Crippen LogP contribution is 2.16. The fraction of sp³-hybridized carbons (Fsp3) is 0.278. The van der Waals surface area contributed by atoms with Gasteiger partial charge in [-0.1, -0.05) is 12.1 Å². The molecule has 122 valence electrons. The van der Waals surface area contributed by atoms with Crippen LogP contribution in [0, 0.1) is 0 Å². The topological polar surface area (TPSA) is 61.8 Å². The Morgan fingerprint density at radius 3 is 2.30 bits per heavy atom. The molecule has 2 aromatic carbocycles. The van der Waals surface area contributed by atoms with Crippen molar-refractivity contribution in [1.29, 1.82) is 0 Å². The highest BCUT2D eigenvalue weighted by molar-refractivity contribution is 5.87. The van der Waals surface area contributed by atoms with Gasteiger partial charge in [-0.25, -0.2) is 4.79 Å². The average Bonchev–Trinajstić information content (AvgIpc) is 2.54. The first-order valence-corrected chi connectivity index (χ1v) is 7.48. The fourth-order valence-corrected chi connectivity index (χ4v) is 1.98. The van der Waals surface area contributed by atoms with E-state index < -0.39 is 5.97 Å². The Labute approximate surface area is 136 Å². The maximum Gasteiger partial charge on any atom is 0.335 e. The van der Waals surface area contributed by atoms with Gasteiger partial charge in [-0.05, 0) is 56.1 Å². The van der Waals surface area contributed by atoms with Crippen LogP contribution in [0.1, 0.15) is 15.9 Å². The molecule has 0 aliphatic heterocycles. The number of nitrogens with zero attached hydrogens (tertiary/aromatic N) is 1. The van der Waals surface area contributed by atoms with Crippen LogP contribution < -0.4 is 10.1 Å². The number of carboxylic acids is 1. The molecule has 5 nitrogen and oxygen atoms in total. The summed E-state index contributed by atoms with van der Waals surface area (Å²) in [4.78, 5) is 12.9. The van der Waals surface area contributed by atoms with Crippen LogP contribution in [0.15, 0.2) is 48.5 Å². The SMILES string of the molecule is CN(C)CCOc1ccc(NCc2ccc(C(=O)O)cc2)cc1. The van der Waals surface area contributed by atoms with Gasteiger partial charge >= 0.3 is 5.97 Å². The molecular weight excluding hydrogens is 292 g/mol. The lowest BCUT2D eigenvalue weighted by Gasteiger charge is -2.12.